The van der Waals surface area contributed by atoms with E-state index < -0.39 is 0 Å². The second kappa shape index (κ2) is 8.07. The number of aromatic amines is 1. The highest BCUT2D eigenvalue weighted by Crippen LogP contribution is 2.19. The van der Waals surface area contributed by atoms with Gasteiger partial charge in [-0.05, 0) is 29.8 Å². The highest BCUT2D eigenvalue weighted by molar-refractivity contribution is 5.93. The van der Waals surface area contributed by atoms with E-state index in [2.05, 4.69) is 15.3 Å². The Balaban J connectivity index is 1.73. The van der Waals surface area contributed by atoms with Crippen molar-refractivity contribution in [2.75, 3.05) is 19.0 Å². The van der Waals surface area contributed by atoms with Crippen molar-refractivity contribution < 1.29 is 13.9 Å². The van der Waals surface area contributed by atoms with Crippen LogP contribution in [0.25, 0.3) is 11.0 Å². The summed E-state index contributed by atoms with van der Waals surface area (Å²) in [5, 5.41) is 2.82. The zero-order valence-electron chi connectivity index (χ0n) is 14.5. The van der Waals surface area contributed by atoms with E-state index in [1.165, 1.54) is 13.2 Å². The maximum absolute atomic E-state index is 13.8. The molecule has 3 aromatic rings. The van der Waals surface area contributed by atoms with Gasteiger partial charge in [-0.2, -0.15) is 0 Å². The lowest BCUT2D eigenvalue weighted by molar-refractivity contribution is -0.118. The van der Waals surface area contributed by atoms with E-state index in [4.69, 9.17) is 10.5 Å². The largest absolute Gasteiger partial charge is 0.380 e. The molecule has 0 bridgehead atoms. The minimum Gasteiger partial charge on any atom is -0.380 e. The van der Waals surface area contributed by atoms with Crippen molar-refractivity contribution >= 4 is 22.6 Å². The van der Waals surface area contributed by atoms with Crippen molar-refractivity contribution in [1.29, 1.82) is 0 Å². The first kappa shape index (κ1) is 18.0. The molecule has 1 atom stereocenters. The third-order valence-electron chi connectivity index (χ3n) is 4.14. The van der Waals surface area contributed by atoms with E-state index in [0.29, 0.717) is 23.5 Å². The average molecular weight is 356 g/mol. The number of halogens is 1. The Bertz CT molecular complexity index is 905. The zero-order valence-corrected chi connectivity index (χ0v) is 14.5. The van der Waals surface area contributed by atoms with E-state index in [1.807, 2.05) is 6.07 Å². The van der Waals surface area contributed by atoms with Gasteiger partial charge in [-0.25, -0.2) is 9.37 Å². The molecule has 0 saturated heterocycles. The summed E-state index contributed by atoms with van der Waals surface area (Å²) in [6, 6.07) is 12.0. The molecule has 26 heavy (non-hydrogen) atoms. The number of imidazole rings is 1. The molecule has 1 aromatic heterocycles. The molecular formula is C19H21FN4O2. The summed E-state index contributed by atoms with van der Waals surface area (Å²) in [6.07, 6.45) is 0.250. The fraction of sp³-hybridized carbons (Fsp3) is 0.263. The van der Waals surface area contributed by atoms with Crippen LogP contribution in [0.4, 0.5) is 10.1 Å². The quantitative estimate of drug-likeness (QED) is 0.607. The van der Waals surface area contributed by atoms with Crippen LogP contribution in [0.2, 0.25) is 0 Å². The molecule has 7 heteroatoms. The molecule has 3 rings (SSSR count). The van der Waals surface area contributed by atoms with Gasteiger partial charge in [-0.3, -0.25) is 4.79 Å². The van der Waals surface area contributed by atoms with Crippen molar-refractivity contribution in [3.05, 3.63) is 59.7 Å². The second-order valence-corrected chi connectivity index (χ2v) is 6.03. The van der Waals surface area contributed by atoms with Crippen molar-refractivity contribution in [1.82, 2.24) is 9.97 Å². The molecule has 1 heterocycles. The summed E-state index contributed by atoms with van der Waals surface area (Å²) in [6.45, 7) is 0.281. The summed E-state index contributed by atoms with van der Waals surface area (Å²) in [4.78, 5) is 19.7. The standard InChI is InChI=1S/C19H21FN4O2/c1-26-14(11-21)10-19(25)22-13-6-7-16-17(9-13)24-18(23-16)8-12-4-2-3-5-15(12)20/h2-7,9,14H,8,10-11,21H2,1H3,(H,22,25)(H,23,24). The Morgan fingerprint density at radius 3 is 2.88 bits per heavy atom. The number of nitrogens with zero attached hydrogens (tertiary/aromatic N) is 1. The van der Waals surface area contributed by atoms with Gasteiger partial charge < -0.3 is 20.8 Å². The minimum absolute atomic E-state index is 0.173. The average Bonchev–Trinajstić information content (AvgIpc) is 3.03. The van der Waals surface area contributed by atoms with Crippen LogP contribution in [-0.2, 0) is 16.0 Å². The van der Waals surface area contributed by atoms with Gasteiger partial charge in [0.1, 0.15) is 11.6 Å². The third kappa shape index (κ3) is 4.25. The fourth-order valence-electron chi connectivity index (χ4n) is 2.73. The van der Waals surface area contributed by atoms with Crippen LogP contribution in [-0.4, -0.2) is 35.6 Å². The Hall–Kier alpha value is -2.77. The van der Waals surface area contributed by atoms with Crippen LogP contribution in [0, 0.1) is 5.82 Å². The molecule has 0 fully saturated rings. The predicted molar refractivity (Wildman–Crippen MR) is 98.4 cm³/mol. The maximum Gasteiger partial charge on any atom is 0.227 e. The van der Waals surface area contributed by atoms with Crippen molar-refractivity contribution in [2.24, 2.45) is 5.73 Å². The smallest absolute Gasteiger partial charge is 0.227 e. The molecule has 4 N–H and O–H groups in total. The van der Waals surface area contributed by atoms with Crippen LogP contribution >= 0.6 is 0 Å². The molecule has 6 nitrogen and oxygen atoms in total. The minimum atomic E-state index is -0.307. The van der Waals surface area contributed by atoms with E-state index in [-0.39, 0.29) is 30.8 Å². The van der Waals surface area contributed by atoms with E-state index in [0.717, 1.165) is 11.0 Å². The summed E-state index contributed by atoms with van der Waals surface area (Å²) in [5.41, 5.74) is 8.29. The number of amides is 1. The van der Waals surface area contributed by atoms with Crippen LogP contribution < -0.4 is 11.1 Å². The van der Waals surface area contributed by atoms with Gasteiger partial charge in [0.05, 0.1) is 23.6 Å². The molecule has 0 aliphatic heterocycles. The number of benzene rings is 2. The molecule has 0 aliphatic carbocycles. The Kier molecular flexibility index (Phi) is 5.60. The first-order valence-corrected chi connectivity index (χ1v) is 8.34. The molecule has 0 radical (unpaired) electrons. The second-order valence-electron chi connectivity index (χ2n) is 6.03. The number of aromatic nitrogens is 2. The molecule has 1 unspecified atom stereocenters. The first-order chi connectivity index (χ1) is 12.6. The number of methoxy groups -OCH3 is 1. The lowest BCUT2D eigenvalue weighted by Gasteiger charge is -2.12. The van der Waals surface area contributed by atoms with Crippen LogP contribution in [0.3, 0.4) is 0 Å². The Morgan fingerprint density at radius 1 is 1.35 bits per heavy atom. The number of carbonyl (C=O) groups excluding carboxylic acids is 1. The van der Waals surface area contributed by atoms with Crippen molar-refractivity contribution in [2.45, 2.75) is 18.9 Å². The first-order valence-electron chi connectivity index (χ1n) is 8.34. The number of fused-ring (bicyclic) bond motifs is 1. The topological polar surface area (TPSA) is 93.0 Å². The number of rotatable bonds is 7. The summed E-state index contributed by atoms with van der Waals surface area (Å²) < 4.78 is 18.9. The molecule has 2 aromatic carbocycles. The highest BCUT2D eigenvalue weighted by Gasteiger charge is 2.12. The third-order valence-corrected chi connectivity index (χ3v) is 4.14. The van der Waals surface area contributed by atoms with E-state index in [1.54, 1.807) is 30.3 Å². The number of ether oxygens (including phenoxy) is 1. The molecular weight excluding hydrogens is 335 g/mol. The Morgan fingerprint density at radius 2 is 2.15 bits per heavy atom. The number of carbonyl (C=O) groups is 1. The SMILES string of the molecule is COC(CN)CC(=O)Nc1ccc2nc(Cc3ccccc3F)[nH]c2c1. The van der Waals surface area contributed by atoms with Gasteiger partial charge >= 0.3 is 0 Å². The zero-order chi connectivity index (χ0) is 18.5. The summed E-state index contributed by atoms with van der Waals surface area (Å²) >= 11 is 0. The monoisotopic (exact) mass is 356 g/mol. The maximum atomic E-state index is 13.8. The van der Waals surface area contributed by atoms with Gasteiger partial charge in [0.2, 0.25) is 5.91 Å². The van der Waals surface area contributed by atoms with Crippen LogP contribution in [0.5, 0.6) is 0 Å². The molecule has 136 valence electrons. The normalized spacial score (nSPS) is 12.3. The van der Waals surface area contributed by atoms with Crippen molar-refractivity contribution in [3.63, 3.8) is 0 Å². The number of nitrogens with one attached hydrogen (secondary N) is 2. The van der Waals surface area contributed by atoms with Crippen molar-refractivity contribution in [3.8, 4) is 0 Å². The summed E-state index contributed by atoms with van der Waals surface area (Å²) in [5.74, 6) is 0.234. The lowest BCUT2D eigenvalue weighted by atomic mass is 10.1. The number of hydrogen-bond donors (Lipinski definition) is 3. The number of H-pyrrole nitrogens is 1. The van der Waals surface area contributed by atoms with Crippen LogP contribution in [0.1, 0.15) is 17.8 Å². The molecule has 0 spiro atoms. The van der Waals surface area contributed by atoms with Gasteiger partial charge in [-0.15, -0.1) is 0 Å². The Labute approximate surface area is 150 Å². The number of hydrogen-bond acceptors (Lipinski definition) is 4. The lowest BCUT2D eigenvalue weighted by Crippen LogP contribution is -2.28. The van der Waals surface area contributed by atoms with Gasteiger partial charge in [0, 0.05) is 25.8 Å². The molecule has 0 aliphatic rings. The van der Waals surface area contributed by atoms with Gasteiger partial charge in [-0.1, -0.05) is 18.2 Å². The molecule has 0 saturated carbocycles. The highest BCUT2D eigenvalue weighted by atomic mass is 19.1. The van der Waals surface area contributed by atoms with E-state index >= 15 is 0 Å². The summed E-state index contributed by atoms with van der Waals surface area (Å²) in [7, 11) is 1.53. The van der Waals surface area contributed by atoms with Gasteiger partial charge in [0.15, 0.2) is 0 Å². The van der Waals surface area contributed by atoms with E-state index in [9.17, 15) is 9.18 Å². The van der Waals surface area contributed by atoms with Crippen LogP contribution in [0.15, 0.2) is 42.5 Å². The van der Waals surface area contributed by atoms with Gasteiger partial charge in [0.25, 0.3) is 0 Å². The number of nitrogens with two attached hydrogens (primary N) is 1. The fourth-order valence-corrected chi connectivity index (χ4v) is 2.73. The molecule has 1 amide bonds. The predicted octanol–water partition coefficient (Wildman–Crippen LogP) is 2.60. The number of anilines is 1.